The fourth-order valence-electron chi connectivity index (χ4n) is 4.98. The Kier molecular flexibility index (Phi) is 7.18. The second kappa shape index (κ2) is 10.8. The molecule has 8 heteroatoms. The fourth-order valence-corrected chi connectivity index (χ4v) is 4.98. The summed E-state index contributed by atoms with van der Waals surface area (Å²) in [5.41, 5.74) is 2.60. The summed E-state index contributed by atoms with van der Waals surface area (Å²) >= 11 is 0. The molecule has 0 bridgehead atoms. The Morgan fingerprint density at radius 3 is 2.49 bits per heavy atom. The number of non-ortho nitro benzene ring substituents is 1. The molecule has 190 valence electrons. The lowest BCUT2D eigenvalue weighted by atomic mass is 9.87. The number of nitro benzene ring substituents is 1. The van der Waals surface area contributed by atoms with E-state index < -0.39 is 4.92 Å². The minimum atomic E-state index is -0.391. The van der Waals surface area contributed by atoms with Crippen LogP contribution >= 0.6 is 0 Å². The normalized spacial score (nSPS) is 15.0. The molecule has 5 rings (SSSR count). The van der Waals surface area contributed by atoms with Gasteiger partial charge in [0.25, 0.3) is 5.69 Å². The highest BCUT2D eigenvalue weighted by Crippen LogP contribution is 2.37. The molecule has 1 saturated heterocycles. The number of hydrogen-bond donors (Lipinski definition) is 1. The molecule has 8 nitrogen and oxygen atoms in total. The molecule has 1 aliphatic heterocycles. The predicted octanol–water partition coefficient (Wildman–Crippen LogP) is 5.55. The van der Waals surface area contributed by atoms with Crippen LogP contribution in [0.2, 0.25) is 0 Å². The molecule has 37 heavy (non-hydrogen) atoms. The van der Waals surface area contributed by atoms with Gasteiger partial charge in [-0.1, -0.05) is 37.3 Å². The number of H-pyrrole nitrogens is 1. The van der Waals surface area contributed by atoms with Gasteiger partial charge in [-0.05, 0) is 48.0 Å². The average Bonchev–Trinajstić information content (AvgIpc) is 3.35. The molecule has 1 aromatic heterocycles. The monoisotopic (exact) mass is 498 g/mol. The molecular formula is C29H30N4O4. The number of benzene rings is 3. The van der Waals surface area contributed by atoms with Gasteiger partial charge in [0.2, 0.25) is 5.91 Å². The highest BCUT2D eigenvalue weighted by Gasteiger charge is 2.27. The Morgan fingerprint density at radius 2 is 1.76 bits per heavy atom. The first-order chi connectivity index (χ1) is 18.0. The van der Waals surface area contributed by atoms with Crippen molar-refractivity contribution < 1.29 is 14.5 Å². The first-order valence-corrected chi connectivity index (χ1v) is 12.6. The molecule has 4 aromatic rings. The van der Waals surface area contributed by atoms with E-state index in [0.717, 1.165) is 47.4 Å². The molecule has 0 unspecified atom stereocenters. The highest BCUT2D eigenvalue weighted by molar-refractivity contribution is 5.87. The molecule has 1 atom stereocenters. The molecule has 1 fully saturated rings. The third-order valence-corrected chi connectivity index (χ3v) is 7.07. The minimum Gasteiger partial charge on any atom is -0.457 e. The van der Waals surface area contributed by atoms with Crippen LogP contribution in [-0.2, 0) is 4.79 Å². The number of nitrogens with zero attached hydrogens (tertiary/aromatic N) is 3. The molecule has 0 radical (unpaired) electrons. The van der Waals surface area contributed by atoms with Gasteiger partial charge in [-0.2, -0.15) is 0 Å². The number of nitrogens with one attached hydrogen (secondary N) is 1. The lowest BCUT2D eigenvalue weighted by molar-refractivity contribution is -0.384. The zero-order valence-corrected chi connectivity index (χ0v) is 20.8. The van der Waals surface area contributed by atoms with E-state index >= 15 is 0 Å². The molecule has 0 aliphatic carbocycles. The third-order valence-electron chi connectivity index (χ3n) is 7.07. The van der Waals surface area contributed by atoms with Gasteiger partial charge in [0.05, 0.1) is 4.92 Å². The van der Waals surface area contributed by atoms with Gasteiger partial charge in [-0.25, -0.2) is 0 Å². The maximum atomic E-state index is 13.5. The zero-order chi connectivity index (χ0) is 25.8. The molecule has 0 spiro atoms. The van der Waals surface area contributed by atoms with Crippen molar-refractivity contribution >= 4 is 22.5 Å². The number of carbonyl (C=O) groups excluding carboxylic acids is 1. The number of fused-ring (bicyclic) bond motifs is 1. The molecule has 0 saturated carbocycles. The maximum Gasteiger partial charge on any atom is 0.270 e. The van der Waals surface area contributed by atoms with E-state index in [9.17, 15) is 14.9 Å². The summed E-state index contributed by atoms with van der Waals surface area (Å²) in [6.07, 6.45) is 2.13. The highest BCUT2D eigenvalue weighted by atomic mass is 16.6. The van der Waals surface area contributed by atoms with Gasteiger partial charge in [0.15, 0.2) is 0 Å². The van der Waals surface area contributed by atoms with Crippen LogP contribution in [0.1, 0.15) is 30.4 Å². The smallest absolute Gasteiger partial charge is 0.270 e. The number of piperazine rings is 1. The number of aromatic amines is 1. The van der Waals surface area contributed by atoms with Gasteiger partial charge >= 0.3 is 0 Å². The quantitative estimate of drug-likeness (QED) is 0.254. The largest absolute Gasteiger partial charge is 0.457 e. The van der Waals surface area contributed by atoms with Crippen LogP contribution in [-0.4, -0.2) is 58.3 Å². The summed E-state index contributed by atoms with van der Waals surface area (Å²) in [6, 6.07) is 22.1. The Hall–Kier alpha value is -4.17. The van der Waals surface area contributed by atoms with Crippen LogP contribution in [0.15, 0.2) is 79.0 Å². The van der Waals surface area contributed by atoms with E-state index in [-0.39, 0.29) is 23.9 Å². The molecule has 1 aliphatic rings. The van der Waals surface area contributed by atoms with Crippen molar-refractivity contribution in [1.29, 1.82) is 0 Å². The van der Waals surface area contributed by atoms with Crippen LogP contribution in [0, 0.1) is 10.1 Å². The zero-order valence-electron chi connectivity index (χ0n) is 20.8. The van der Waals surface area contributed by atoms with E-state index in [1.807, 2.05) is 65.7 Å². The van der Waals surface area contributed by atoms with Crippen molar-refractivity contribution in [3.63, 3.8) is 0 Å². The third kappa shape index (κ3) is 5.49. The maximum absolute atomic E-state index is 13.5. The van der Waals surface area contributed by atoms with Crippen molar-refractivity contribution in [2.75, 3.05) is 32.7 Å². The predicted molar refractivity (Wildman–Crippen MR) is 143 cm³/mol. The number of para-hydroxylation sites is 1. The summed E-state index contributed by atoms with van der Waals surface area (Å²) in [7, 11) is 0. The van der Waals surface area contributed by atoms with Crippen LogP contribution < -0.4 is 4.74 Å². The van der Waals surface area contributed by atoms with E-state index in [1.54, 1.807) is 12.1 Å². The van der Waals surface area contributed by atoms with Crippen molar-refractivity contribution in [2.45, 2.75) is 19.3 Å². The van der Waals surface area contributed by atoms with Gasteiger partial charge in [-0.3, -0.25) is 14.9 Å². The van der Waals surface area contributed by atoms with E-state index in [0.29, 0.717) is 18.8 Å². The van der Waals surface area contributed by atoms with Gasteiger partial charge in [0, 0.05) is 67.8 Å². The molecular weight excluding hydrogens is 468 g/mol. The van der Waals surface area contributed by atoms with Crippen molar-refractivity contribution in [3.8, 4) is 11.5 Å². The minimum absolute atomic E-state index is 0.0234. The Morgan fingerprint density at radius 1 is 1.00 bits per heavy atom. The summed E-state index contributed by atoms with van der Waals surface area (Å²) < 4.78 is 6.07. The van der Waals surface area contributed by atoms with Crippen molar-refractivity contribution in [3.05, 3.63) is 100 Å². The topological polar surface area (TPSA) is 91.7 Å². The fraction of sp³-hybridized carbons (Fsp3) is 0.276. The number of carbonyl (C=O) groups is 1. The standard InChI is InChI=1S/C29H30N4O4/c1-2-31-13-15-32(16-14-31)29(34)19-25(27-20-30-28-12-11-22(33(35)36)18-26(27)28)21-7-6-10-24(17-21)37-23-8-4-3-5-9-23/h3-12,17-18,20,25,30H,2,13-16,19H2,1H3/t25-/m0/s1. The molecule has 1 amide bonds. The van der Waals surface area contributed by atoms with Crippen molar-refractivity contribution in [2.24, 2.45) is 0 Å². The first-order valence-electron chi connectivity index (χ1n) is 12.6. The number of likely N-dealkylation sites (N-methyl/N-ethyl adjacent to an activating group) is 1. The van der Waals surface area contributed by atoms with Gasteiger partial charge in [-0.15, -0.1) is 0 Å². The first kappa shape index (κ1) is 24.5. The molecule has 3 aromatic carbocycles. The number of hydrogen-bond acceptors (Lipinski definition) is 5. The van der Waals surface area contributed by atoms with Crippen LogP contribution in [0.3, 0.4) is 0 Å². The Balaban J connectivity index is 1.50. The van der Waals surface area contributed by atoms with Gasteiger partial charge < -0.3 is 19.5 Å². The van der Waals surface area contributed by atoms with Gasteiger partial charge in [0.1, 0.15) is 11.5 Å². The number of nitro groups is 1. The summed E-state index contributed by atoms with van der Waals surface area (Å²) in [4.78, 5) is 32.1. The molecule has 2 heterocycles. The number of rotatable bonds is 8. The molecule has 1 N–H and O–H groups in total. The van der Waals surface area contributed by atoms with Crippen LogP contribution in [0.5, 0.6) is 11.5 Å². The second-order valence-electron chi connectivity index (χ2n) is 9.29. The Bertz CT molecular complexity index is 1390. The van der Waals surface area contributed by atoms with E-state index in [4.69, 9.17) is 4.74 Å². The SMILES string of the molecule is CCN1CCN(C(=O)C[C@@H](c2cccc(Oc3ccccc3)c2)c2c[nH]c3ccc([N+](=O)[O-])cc23)CC1. The summed E-state index contributed by atoms with van der Waals surface area (Å²) in [6.45, 7) is 6.26. The summed E-state index contributed by atoms with van der Waals surface area (Å²) in [5, 5.41) is 12.2. The summed E-state index contributed by atoms with van der Waals surface area (Å²) in [5.74, 6) is 1.18. The number of ether oxygens (including phenoxy) is 1. The Labute approximate surface area is 215 Å². The lowest BCUT2D eigenvalue weighted by Gasteiger charge is -2.35. The van der Waals surface area contributed by atoms with Crippen LogP contribution in [0.25, 0.3) is 10.9 Å². The van der Waals surface area contributed by atoms with Crippen LogP contribution in [0.4, 0.5) is 5.69 Å². The van der Waals surface area contributed by atoms with E-state index in [2.05, 4.69) is 16.8 Å². The van der Waals surface area contributed by atoms with E-state index in [1.165, 1.54) is 6.07 Å². The van der Waals surface area contributed by atoms with Crippen molar-refractivity contribution in [1.82, 2.24) is 14.8 Å². The lowest BCUT2D eigenvalue weighted by Crippen LogP contribution is -2.48. The average molecular weight is 499 g/mol. The number of aromatic nitrogens is 1. The second-order valence-corrected chi connectivity index (χ2v) is 9.29. The number of amides is 1.